The molecule has 3 N–H and O–H groups in total. The third kappa shape index (κ3) is 4.96. The molecule has 7 nitrogen and oxygen atoms in total. The van der Waals surface area contributed by atoms with Gasteiger partial charge in [-0.25, -0.2) is 0 Å². The number of rotatable bonds is 5. The third-order valence-electron chi connectivity index (χ3n) is 5.83. The fourth-order valence-electron chi connectivity index (χ4n) is 4.37. The van der Waals surface area contributed by atoms with Crippen molar-refractivity contribution >= 4 is 17.7 Å². The molecule has 2 aliphatic rings. The van der Waals surface area contributed by atoms with Gasteiger partial charge >= 0.3 is 0 Å². The van der Waals surface area contributed by atoms with E-state index >= 15 is 0 Å². The van der Waals surface area contributed by atoms with Crippen molar-refractivity contribution in [1.82, 2.24) is 15.1 Å². The van der Waals surface area contributed by atoms with Crippen LogP contribution in [0.4, 0.5) is 0 Å². The molecule has 1 saturated carbocycles. The highest BCUT2D eigenvalue weighted by Gasteiger charge is 2.42. The smallest absolute Gasteiger partial charge is 0.263 e. The molecule has 0 radical (unpaired) electrons. The molecule has 0 bridgehead atoms. The third-order valence-corrected chi connectivity index (χ3v) is 5.83. The summed E-state index contributed by atoms with van der Waals surface area (Å²) in [6.45, 7) is 3.49. The molecule has 1 saturated heterocycles. The summed E-state index contributed by atoms with van der Waals surface area (Å²) < 4.78 is 0. The Morgan fingerprint density at radius 3 is 2.48 bits per heavy atom. The Balaban J connectivity index is 1.87. The second kappa shape index (κ2) is 9.87. The van der Waals surface area contributed by atoms with Gasteiger partial charge in [0.15, 0.2) is 6.17 Å². The number of hydrogen-bond acceptors (Lipinski definition) is 4. The van der Waals surface area contributed by atoms with Crippen LogP contribution < -0.4 is 11.1 Å². The van der Waals surface area contributed by atoms with E-state index < -0.39 is 6.17 Å². The summed E-state index contributed by atoms with van der Waals surface area (Å²) in [6.07, 6.45) is 4.70. The fourth-order valence-corrected chi connectivity index (χ4v) is 4.37. The van der Waals surface area contributed by atoms with Crippen LogP contribution in [0.25, 0.3) is 0 Å². The highest BCUT2D eigenvalue weighted by molar-refractivity contribution is 5.99. The van der Waals surface area contributed by atoms with Crippen molar-refractivity contribution in [3.63, 3.8) is 0 Å². The number of hydrogen-bond donors (Lipinski definition) is 2. The van der Waals surface area contributed by atoms with E-state index in [2.05, 4.69) is 5.32 Å². The van der Waals surface area contributed by atoms with E-state index in [-0.39, 0.29) is 23.6 Å². The Bertz CT molecular complexity index is 745. The van der Waals surface area contributed by atoms with Crippen LogP contribution in [-0.2, 0) is 9.59 Å². The minimum Gasteiger partial charge on any atom is -0.351 e. The molecule has 1 heterocycles. The normalized spacial score (nSPS) is 20.4. The zero-order valence-corrected chi connectivity index (χ0v) is 17.2. The van der Waals surface area contributed by atoms with Gasteiger partial charge in [-0.2, -0.15) is 0 Å². The maximum atomic E-state index is 13.3. The number of benzene rings is 1. The van der Waals surface area contributed by atoms with Gasteiger partial charge in [0.25, 0.3) is 11.8 Å². The van der Waals surface area contributed by atoms with Crippen molar-refractivity contribution in [2.24, 2.45) is 11.7 Å². The minimum absolute atomic E-state index is 0.000610. The molecule has 2 fully saturated rings. The van der Waals surface area contributed by atoms with Crippen LogP contribution in [0.3, 0.4) is 0 Å². The first-order valence-electron chi connectivity index (χ1n) is 10.7. The quantitative estimate of drug-likeness (QED) is 0.786. The van der Waals surface area contributed by atoms with Crippen LogP contribution in [0.15, 0.2) is 24.3 Å². The van der Waals surface area contributed by atoms with E-state index in [0.29, 0.717) is 38.2 Å². The predicted molar refractivity (Wildman–Crippen MR) is 111 cm³/mol. The van der Waals surface area contributed by atoms with Gasteiger partial charge in [0.1, 0.15) is 0 Å². The Hall–Kier alpha value is -2.41. The molecule has 158 valence electrons. The highest BCUT2D eigenvalue weighted by Crippen LogP contribution is 2.28. The molecule has 7 heteroatoms. The Morgan fingerprint density at radius 1 is 1.07 bits per heavy atom. The monoisotopic (exact) mass is 400 g/mol. The fraction of sp³-hybridized carbons (Fsp3) is 0.591. The molecule has 3 amide bonds. The lowest BCUT2D eigenvalue weighted by Crippen LogP contribution is -2.64. The molecular weight excluding hydrogens is 368 g/mol. The number of carbonyl (C=O) groups is 3. The van der Waals surface area contributed by atoms with Crippen LogP contribution in [0, 0.1) is 12.8 Å². The second-order valence-corrected chi connectivity index (χ2v) is 8.04. The summed E-state index contributed by atoms with van der Waals surface area (Å²) in [6, 6.07) is 7.34. The maximum absolute atomic E-state index is 13.3. The van der Waals surface area contributed by atoms with Gasteiger partial charge in [-0.1, -0.05) is 37.0 Å². The molecule has 0 aromatic heterocycles. The first-order valence-corrected chi connectivity index (χ1v) is 10.7. The van der Waals surface area contributed by atoms with E-state index in [1.54, 1.807) is 15.9 Å². The Morgan fingerprint density at radius 2 is 1.79 bits per heavy atom. The zero-order chi connectivity index (χ0) is 20.8. The number of nitrogens with zero attached hydrogens (tertiary/aromatic N) is 2. The van der Waals surface area contributed by atoms with Crippen LogP contribution in [-0.4, -0.2) is 59.9 Å². The van der Waals surface area contributed by atoms with E-state index in [1.807, 2.05) is 25.1 Å². The van der Waals surface area contributed by atoms with Crippen molar-refractivity contribution in [2.45, 2.75) is 51.6 Å². The largest absolute Gasteiger partial charge is 0.351 e. The van der Waals surface area contributed by atoms with E-state index in [9.17, 15) is 14.4 Å². The SMILES string of the molecule is Cc1cccc(C(=O)N2CCCN(C(=O)C3CCCCC3)C2C(=O)NCCN)c1. The van der Waals surface area contributed by atoms with Gasteiger partial charge in [-0.15, -0.1) is 0 Å². The molecule has 1 aliphatic heterocycles. The van der Waals surface area contributed by atoms with E-state index in [4.69, 9.17) is 5.73 Å². The number of carbonyl (C=O) groups excluding carboxylic acids is 3. The summed E-state index contributed by atoms with van der Waals surface area (Å²) in [4.78, 5) is 42.7. The molecule has 29 heavy (non-hydrogen) atoms. The molecule has 1 aromatic rings. The first kappa shape index (κ1) is 21.3. The van der Waals surface area contributed by atoms with Crippen molar-refractivity contribution in [1.29, 1.82) is 0 Å². The lowest BCUT2D eigenvalue weighted by molar-refractivity contribution is -0.152. The predicted octanol–water partition coefficient (Wildman–Crippen LogP) is 1.65. The van der Waals surface area contributed by atoms with Crippen LogP contribution in [0.1, 0.15) is 54.4 Å². The lowest BCUT2D eigenvalue weighted by Gasteiger charge is -2.44. The van der Waals surface area contributed by atoms with Crippen LogP contribution >= 0.6 is 0 Å². The molecule has 1 aromatic carbocycles. The van der Waals surface area contributed by atoms with Crippen LogP contribution in [0.5, 0.6) is 0 Å². The lowest BCUT2D eigenvalue weighted by atomic mass is 9.88. The van der Waals surface area contributed by atoms with Crippen molar-refractivity contribution in [3.8, 4) is 0 Å². The van der Waals surface area contributed by atoms with Crippen molar-refractivity contribution in [3.05, 3.63) is 35.4 Å². The van der Waals surface area contributed by atoms with Gasteiger partial charge in [0, 0.05) is 37.7 Å². The average Bonchev–Trinajstić information content (AvgIpc) is 2.76. The molecule has 1 atom stereocenters. The first-order chi connectivity index (χ1) is 14.0. The molecular formula is C22H32N4O3. The van der Waals surface area contributed by atoms with Gasteiger partial charge in [0.05, 0.1) is 0 Å². The summed E-state index contributed by atoms with van der Waals surface area (Å²) in [7, 11) is 0. The summed E-state index contributed by atoms with van der Waals surface area (Å²) in [5, 5.41) is 2.79. The maximum Gasteiger partial charge on any atom is 0.263 e. The molecule has 0 spiro atoms. The Kier molecular flexibility index (Phi) is 7.25. The highest BCUT2D eigenvalue weighted by atomic mass is 16.2. The summed E-state index contributed by atoms with van der Waals surface area (Å²) >= 11 is 0. The van der Waals surface area contributed by atoms with Gasteiger partial charge < -0.3 is 20.9 Å². The standard InChI is InChI=1S/C22H32N4O3/c1-16-7-5-10-18(15-16)22(29)26-14-6-13-25(20(26)19(27)24-12-11-23)21(28)17-8-3-2-4-9-17/h5,7,10,15,17,20H,2-4,6,8-9,11-14,23H2,1H3,(H,24,27). The topological polar surface area (TPSA) is 95.7 Å². The van der Waals surface area contributed by atoms with E-state index in [1.165, 1.54) is 0 Å². The summed E-state index contributed by atoms with van der Waals surface area (Å²) in [5.41, 5.74) is 7.06. The Labute approximate surface area is 172 Å². The number of nitrogens with two attached hydrogens (primary N) is 1. The van der Waals surface area contributed by atoms with Crippen molar-refractivity contribution < 1.29 is 14.4 Å². The number of amides is 3. The van der Waals surface area contributed by atoms with Gasteiger partial charge in [-0.05, 0) is 38.3 Å². The van der Waals surface area contributed by atoms with Crippen LogP contribution in [0.2, 0.25) is 0 Å². The average molecular weight is 401 g/mol. The molecule has 1 aliphatic carbocycles. The number of nitrogens with one attached hydrogen (secondary N) is 1. The second-order valence-electron chi connectivity index (χ2n) is 8.04. The van der Waals surface area contributed by atoms with Gasteiger partial charge in [-0.3, -0.25) is 14.4 Å². The zero-order valence-electron chi connectivity index (χ0n) is 17.2. The van der Waals surface area contributed by atoms with E-state index in [0.717, 1.165) is 37.7 Å². The molecule has 3 rings (SSSR count). The minimum atomic E-state index is -0.919. The van der Waals surface area contributed by atoms with Gasteiger partial charge in [0.2, 0.25) is 5.91 Å². The molecule has 1 unspecified atom stereocenters. The number of aryl methyl sites for hydroxylation is 1. The summed E-state index contributed by atoms with van der Waals surface area (Å²) in [5.74, 6) is -0.607. The van der Waals surface area contributed by atoms with Crippen molar-refractivity contribution in [2.75, 3.05) is 26.2 Å².